The van der Waals surface area contributed by atoms with Crippen molar-refractivity contribution in [3.05, 3.63) is 65.9 Å². The van der Waals surface area contributed by atoms with Gasteiger partial charge in [0.2, 0.25) is 0 Å². The van der Waals surface area contributed by atoms with Crippen molar-refractivity contribution in [2.75, 3.05) is 36.0 Å². The molecule has 4 N–H and O–H groups in total. The predicted molar refractivity (Wildman–Crippen MR) is 180 cm³/mol. The number of nitrogens with zero attached hydrogens (tertiary/aromatic N) is 5. The number of halogens is 4. The topological polar surface area (TPSA) is 131 Å². The average Bonchev–Trinajstić information content (AvgIpc) is 3.97. The van der Waals surface area contributed by atoms with E-state index in [4.69, 9.17) is 10.5 Å². The Labute approximate surface area is 285 Å². The largest absolute Gasteiger partial charge is 0.444 e. The summed E-state index contributed by atoms with van der Waals surface area (Å²) in [4.78, 5) is 37.6. The lowest BCUT2D eigenvalue weighted by Gasteiger charge is -2.42. The van der Waals surface area contributed by atoms with Crippen LogP contribution in [0, 0.1) is 5.82 Å². The van der Waals surface area contributed by atoms with Gasteiger partial charge in [-0.2, -0.15) is 13.2 Å². The molecule has 2 aromatic carbocycles. The van der Waals surface area contributed by atoms with Crippen LogP contribution in [-0.2, 0) is 17.5 Å². The molecule has 1 aliphatic heterocycles. The van der Waals surface area contributed by atoms with E-state index in [1.165, 1.54) is 30.6 Å². The Morgan fingerprint density at radius 3 is 2.46 bits per heavy atom. The highest BCUT2D eigenvalue weighted by atomic mass is 19.4. The van der Waals surface area contributed by atoms with Gasteiger partial charge in [0.15, 0.2) is 0 Å². The van der Waals surface area contributed by atoms with Gasteiger partial charge in [0, 0.05) is 55.2 Å². The number of hydrogen-bond donors (Lipinski definition) is 3. The lowest BCUT2D eigenvalue weighted by atomic mass is 10.0. The van der Waals surface area contributed by atoms with Gasteiger partial charge in [0.1, 0.15) is 29.2 Å². The standard InChI is InChI=1S/C35H38F4N8O3/c1-33(2,3)50-32(49)45-12-13-46(34(18-45)10-11-34)16-21-4-6-22(15-25(21)35(37,38)39)43-31(48)44-27-9-5-20(14-26(27)36)24-17-47(23-7-8-23)30-28(24)29(40)41-19-42-30/h4-6,9,14-15,17,19,23H,7-8,10-13,16,18H2,1-3H3,(H2,40,41,42)(H2,43,44,48). The fourth-order valence-electron chi connectivity index (χ4n) is 6.65. The van der Waals surface area contributed by atoms with Crippen LogP contribution >= 0.6 is 0 Å². The van der Waals surface area contributed by atoms with E-state index in [0.717, 1.165) is 31.7 Å². The highest BCUT2D eigenvalue weighted by molar-refractivity contribution is 6.02. The fourth-order valence-corrected chi connectivity index (χ4v) is 6.65. The zero-order chi connectivity index (χ0) is 35.6. The molecular formula is C35H38F4N8O3. The van der Waals surface area contributed by atoms with Gasteiger partial charge < -0.3 is 30.6 Å². The minimum atomic E-state index is -4.70. The van der Waals surface area contributed by atoms with Gasteiger partial charge in [0.05, 0.1) is 16.6 Å². The summed E-state index contributed by atoms with van der Waals surface area (Å²) < 4.78 is 65.8. The van der Waals surface area contributed by atoms with Crippen molar-refractivity contribution in [1.29, 1.82) is 0 Å². The predicted octanol–water partition coefficient (Wildman–Crippen LogP) is 7.40. The first-order valence-corrected chi connectivity index (χ1v) is 16.5. The molecule has 3 fully saturated rings. The summed E-state index contributed by atoms with van der Waals surface area (Å²) in [6.07, 6.45) is 1.66. The second-order valence-corrected chi connectivity index (χ2v) is 14.3. The van der Waals surface area contributed by atoms with Gasteiger partial charge in [-0.1, -0.05) is 12.1 Å². The molecule has 1 spiro atoms. The quantitative estimate of drug-likeness (QED) is 0.179. The molecule has 15 heteroatoms. The first-order valence-electron chi connectivity index (χ1n) is 16.5. The summed E-state index contributed by atoms with van der Waals surface area (Å²) in [6, 6.07) is 7.25. The number of piperazine rings is 1. The van der Waals surface area contributed by atoms with Gasteiger partial charge in [-0.3, -0.25) is 4.90 Å². The Balaban J connectivity index is 1.04. The molecule has 11 nitrogen and oxygen atoms in total. The number of amides is 3. The van der Waals surface area contributed by atoms with Crippen LogP contribution < -0.4 is 16.4 Å². The molecule has 7 rings (SSSR count). The number of benzene rings is 2. The maximum Gasteiger partial charge on any atom is 0.416 e. The van der Waals surface area contributed by atoms with Crippen LogP contribution in [0.1, 0.15) is 63.6 Å². The molecule has 2 saturated carbocycles. The van der Waals surface area contributed by atoms with Crippen LogP contribution in [0.5, 0.6) is 0 Å². The summed E-state index contributed by atoms with van der Waals surface area (Å²) in [6.45, 7) is 6.50. The van der Waals surface area contributed by atoms with E-state index in [1.807, 2.05) is 15.7 Å². The van der Waals surface area contributed by atoms with Crippen molar-refractivity contribution in [3.63, 3.8) is 0 Å². The third-order valence-corrected chi connectivity index (χ3v) is 9.42. The van der Waals surface area contributed by atoms with Crippen molar-refractivity contribution < 1.29 is 31.9 Å². The van der Waals surface area contributed by atoms with Crippen molar-refractivity contribution in [2.24, 2.45) is 0 Å². The zero-order valence-corrected chi connectivity index (χ0v) is 27.9. The third-order valence-electron chi connectivity index (χ3n) is 9.42. The number of anilines is 3. The highest BCUT2D eigenvalue weighted by Crippen LogP contribution is 2.46. The number of rotatable bonds is 6. The normalized spacial score (nSPS) is 17.6. The molecule has 3 aliphatic rings. The van der Waals surface area contributed by atoms with Gasteiger partial charge in [-0.25, -0.2) is 23.9 Å². The van der Waals surface area contributed by atoms with Crippen molar-refractivity contribution in [3.8, 4) is 11.1 Å². The molecule has 0 bridgehead atoms. The Morgan fingerprint density at radius 2 is 1.80 bits per heavy atom. The number of ether oxygens (including phenoxy) is 1. The van der Waals surface area contributed by atoms with E-state index >= 15 is 4.39 Å². The monoisotopic (exact) mass is 694 g/mol. The first-order chi connectivity index (χ1) is 23.6. The molecule has 0 radical (unpaired) electrons. The molecule has 3 heterocycles. The van der Waals surface area contributed by atoms with E-state index in [2.05, 4.69) is 20.6 Å². The van der Waals surface area contributed by atoms with Crippen LogP contribution in [0.25, 0.3) is 22.2 Å². The van der Waals surface area contributed by atoms with Crippen molar-refractivity contribution in [1.82, 2.24) is 24.3 Å². The van der Waals surface area contributed by atoms with Crippen LogP contribution in [0.4, 0.5) is 44.3 Å². The van der Waals surface area contributed by atoms with Crippen molar-refractivity contribution in [2.45, 2.75) is 76.4 Å². The van der Waals surface area contributed by atoms with Gasteiger partial charge >= 0.3 is 18.3 Å². The average molecular weight is 695 g/mol. The van der Waals surface area contributed by atoms with Gasteiger partial charge in [-0.05, 0) is 81.8 Å². The van der Waals surface area contributed by atoms with E-state index < -0.39 is 40.8 Å². The van der Waals surface area contributed by atoms with Gasteiger partial charge in [-0.15, -0.1) is 0 Å². The molecule has 2 aliphatic carbocycles. The molecule has 4 aromatic rings. The van der Waals surface area contributed by atoms with Crippen LogP contribution in [0.15, 0.2) is 48.9 Å². The van der Waals surface area contributed by atoms with E-state index in [1.54, 1.807) is 31.7 Å². The molecule has 264 valence electrons. The number of alkyl halides is 3. The van der Waals surface area contributed by atoms with Crippen LogP contribution in [0.3, 0.4) is 0 Å². The number of hydrogen-bond acceptors (Lipinski definition) is 7. The molecule has 1 saturated heterocycles. The lowest BCUT2D eigenvalue weighted by molar-refractivity contribution is -0.138. The first kappa shape index (κ1) is 33.6. The SMILES string of the molecule is CC(C)(C)OC(=O)N1CCN(Cc2ccc(NC(=O)Nc3ccc(-c4cn(C5CC5)c5ncnc(N)c45)cc3F)cc2C(F)(F)F)C2(CC2)C1. The maximum absolute atomic E-state index is 15.3. The Morgan fingerprint density at radius 1 is 1.04 bits per heavy atom. The number of urea groups is 1. The number of fused-ring (bicyclic) bond motifs is 1. The number of carbonyl (C=O) groups is 2. The summed E-state index contributed by atoms with van der Waals surface area (Å²) in [5.74, 6) is -0.476. The third kappa shape index (κ3) is 6.78. The van der Waals surface area contributed by atoms with Crippen molar-refractivity contribution >= 4 is 40.4 Å². The number of nitrogens with one attached hydrogen (secondary N) is 2. The molecule has 2 aromatic heterocycles. The fraction of sp³-hybridized carbons (Fsp3) is 0.429. The van der Waals surface area contributed by atoms with E-state index in [9.17, 15) is 22.8 Å². The van der Waals surface area contributed by atoms with Crippen LogP contribution in [-0.4, -0.2) is 67.2 Å². The van der Waals surface area contributed by atoms with Crippen LogP contribution in [0.2, 0.25) is 0 Å². The smallest absolute Gasteiger partial charge is 0.416 e. The minimum absolute atomic E-state index is 0.0259. The number of nitrogen functional groups attached to an aromatic ring is 1. The maximum atomic E-state index is 15.3. The Bertz CT molecular complexity index is 1980. The molecule has 50 heavy (non-hydrogen) atoms. The Kier molecular flexibility index (Phi) is 8.15. The lowest BCUT2D eigenvalue weighted by Crippen LogP contribution is -2.56. The number of carbonyl (C=O) groups excluding carboxylic acids is 2. The summed E-state index contributed by atoms with van der Waals surface area (Å²) in [5, 5.41) is 5.40. The van der Waals surface area contributed by atoms with E-state index in [-0.39, 0.29) is 29.3 Å². The molecule has 0 atom stereocenters. The van der Waals surface area contributed by atoms with Gasteiger partial charge in [0.25, 0.3) is 0 Å². The number of nitrogens with two attached hydrogens (primary N) is 1. The molecule has 0 unspecified atom stereocenters. The summed E-state index contributed by atoms with van der Waals surface area (Å²) in [7, 11) is 0. The van der Waals surface area contributed by atoms with E-state index in [0.29, 0.717) is 47.8 Å². The summed E-state index contributed by atoms with van der Waals surface area (Å²) >= 11 is 0. The highest BCUT2D eigenvalue weighted by Gasteiger charge is 2.52. The number of aromatic nitrogens is 3. The second kappa shape index (κ2) is 12.1. The molecule has 3 amide bonds. The minimum Gasteiger partial charge on any atom is -0.444 e. The Hall–Kier alpha value is -4.92. The second-order valence-electron chi connectivity index (χ2n) is 14.3. The summed E-state index contributed by atoms with van der Waals surface area (Å²) in [5.41, 5.74) is 5.83. The zero-order valence-electron chi connectivity index (χ0n) is 27.9. The molecular weight excluding hydrogens is 656 g/mol.